The molecule has 0 atom stereocenters. The predicted octanol–water partition coefficient (Wildman–Crippen LogP) is 2.21. The molecule has 0 aliphatic heterocycles. The average Bonchev–Trinajstić information content (AvgIpc) is 3.12. The Bertz CT molecular complexity index is 412. The van der Waals surface area contributed by atoms with Gasteiger partial charge in [-0.15, -0.1) is 0 Å². The Morgan fingerprint density at radius 2 is 2.17 bits per heavy atom. The Hall–Kier alpha value is -1.78. The van der Waals surface area contributed by atoms with Gasteiger partial charge in [-0.25, -0.2) is 9.78 Å². The first-order valence-electron chi connectivity index (χ1n) is 6.33. The van der Waals surface area contributed by atoms with Crippen LogP contribution in [0.3, 0.4) is 0 Å². The van der Waals surface area contributed by atoms with E-state index in [1.807, 2.05) is 26.0 Å². The lowest BCUT2D eigenvalue weighted by Gasteiger charge is -2.19. The van der Waals surface area contributed by atoms with E-state index in [9.17, 15) is 4.79 Å². The summed E-state index contributed by atoms with van der Waals surface area (Å²) in [6.07, 6.45) is 4.16. The second-order valence-corrected chi connectivity index (χ2v) is 4.98. The summed E-state index contributed by atoms with van der Waals surface area (Å²) in [6, 6.07) is 4.41. The van der Waals surface area contributed by atoms with Gasteiger partial charge >= 0.3 is 6.03 Å². The number of urea groups is 1. The van der Waals surface area contributed by atoms with E-state index in [-0.39, 0.29) is 12.1 Å². The van der Waals surface area contributed by atoms with Gasteiger partial charge < -0.3 is 10.6 Å². The van der Waals surface area contributed by atoms with Gasteiger partial charge in [-0.2, -0.15) is 0 Å². The highest BCUT2D eigenvalue weighted by Crippen LogP contribution is 2.24. The highest BCUT2D eigenvalue weighted by molar-refractivity contribution is 5.91. The van der Waals surface area contributed by atoms with Gasteiger partial charge in [-0.05, 0) is 38.8 Å². The Morgan fingerprint density at radius 3 is 2.67 bits per heavy atom. The number of aromatic nitrogens is 1. The number of nitrogens with one attached hydrogen (secondary N) is 2. The number of pyridine rings is 1. The van der Waals surface area contributed by atoms with Crippen molar-refractivity contribution in [2.24, 2.45) is 0 Å². The lowest BCUT2D eigenvalue weighted by Crippen LogP contribution is -2.40. The van der Waals surface area contributed by atoms with Crippen LogP contribution in [0.2, 0.25) is 0 Å². The minimum absolute atomic E-state index is 0.116. The molecular weight excluding hydrogens is 228 g/mol. The number of rotatable bonds is 4. The van der Waals surface area contributed by atoms with Crippen LogP contribution in [0.5, 0.6) is 0 Å². The number of nitrogens with zero attached hydrogens (tertiary/aromatic N) is 2. The van der Waals surface area contributed by atoms with Crippen LogP contribution in [0.25, 0.3) is 0 Å². The first-order valence-corrected chi connectivity index (χ1v) is 6.33. The smallest absolute Gasteiger partial charge is 0.321 e. The van der Waals surface area contributed by atoms with Crippen LogP contribution in [-0.4, -0.2) is 30.1 Å². The highest BCUT2D eigenvalue weighted by atomic mass is 16.2. The lowest BCUT2D eigenvalue weighted by molar-refractivity contribution is 0.245. The monoisotopic (exact) mass is 248 g/mol. The van der Waals surface area contributed by atoms with E-state index in [0.29, 0.717) is 6.04 Å². The van der Waals surface area contributed by atoms with Crippen molar-refractivity contribution in [2.75, 3.05) is 17.3 Å². The van der Waals surface area contributed by atoms with E-state index in [4.69, 9.17) is 0 Å². The van der Waals surface area contributed by atoms with Crippen LogP contribution in [0.1, 0.15) is 26.7 Å². The minimum atomic E-state index is -0.116. The van der Waals surface area contributed by atoms with Gasteiger partial charge in [0, 0.05) is 19.1 Å². The number of carbonyl (C=O) groups is 1. The number of amides is 2. The van der Waals surface area contributed by atoms with Crippen molar-refractivity contribution in [2.45, 2.75) is 38.8 Å². The molecule has 1 aliphatic rings. The van der Waals surface area contributed by atoms with E-state index in [2.05, 4.69) is 15.6 Å². The molecule has 1 aromatic rings. The number of carbonyl (C=O) groups excluding carboxylic acids is 1. The van der Waals surface area contributed by atoms with Gasteiger partial charge in [0.2, 0.25) is 0 Å². The van der Waals surface area contributed by atoms with Gasteiger partial charge in [0.05, 0.1) is 11.9 Å². The molecule has 1 heterocycles. The summed E-state index contributed by atoms with van der Waals surface area (Å²) >= 11 is 0. The summed E-state index contributed by atoms with van der Waals surface area (Å²) in [4.78, 5) is 17.7. The molecule has 98 valence electrons. The first kappa shape index (κ1) is 12.7. The molecule has 1 aromatic heterocycles. The number of hydrogen-bond donors (Lipinski definition) is 2. The molecular formula is C13H20N4O. The normalized spacial score (nSPS) is 14.4. The van der Waals surface area contributed by atoms with E-state index in [0.717, 1.165) is 11.5 Å². The van der Waals surface area contributed by atoms with Gasteiger partial charge in [0.1, 0.15) is 5.82 Å². The zero-order valence-corrected chi connectivity index (χ0v) is 11.1. The summed E-state index contributed by atoms with van der Waals surface area (Å²) < 4.78 is 0. The molecule has 2 rings (SSSR count). The molecule has 0 radical (unpaired) electrons. The molecule has 1 saturated carbocycles. The summed E-state index contributed by atoms with van der Waals surface area (Å²) in [7, 11) is 1.74. The minimum Gasteiger partial charge on any atom is -0.367 e. The van der Waals surface area contributed by atoms with Crippen molar-refractivity contribution in [1.82, 2.24) is 10.3 Å². The van der Waals surface area contributed by atoms with Gasteiger partial charge in [-0.3, -0.25) is 4.90 Å². The summed E-state index contributed by atoms with van der Waals surface area (Å²) in [5, 5.41) is 6.15. The van der Waals surface area contributed by atoms with Crippen molar-refractivity contribution < 1.29 is 4.79 Å². The van der Waals surface area contributed by atoms with Crippen molar-refractivity contribution in [3.05, 3.63) is 18.3 Å². The van der Waals surface area contributed by atoms with Crippen molar-refractivity contribution in [3.8, 4) is 0 Å². The summed E-state index contributed by atoms with van der Waals surface area (Å²) in [5.74, 6) is 0.874. The number of hydrogen-bond acceptors (Lipinski definition) is 3. The third-order valence-corrected chi connectivity index (χ3v) is 2.78. The average molecular weight is 248 g/mol. The van der Waals surface area contributed by atoms with Crippen LogP contribution in [-0.2, 0) is 0 Å². The van der Waals surface area contributed by atoms with E-state index < -0.39 is 0 Å². The van der Waals surface area contributed by atoms with Crippen molar-refractivity contribution in [1.29, 1.82) is 0 Å². The molecule has 18 heavy (non-hydrogen) atoms. The molecule has 1 aliphatic carbocycles. The third-order valence-electron chi connectivity index (χ3n) is 2.78. The first-order chi connectivity index (χ1) is 8.56. The molecule has 0 unspecified atom stereocenters. The Morgan fingerprint density at radius 1 is 1.44 bits per heavy atom. The molecule has 5 heteroatoms. The Kier molecular flexibility index (Phi) is 3.69. The van der Waals surface area contributed by atoms with E-state index in [1.54, 1.807) is 18.1 Å². The van der Waals surface area contributed by atoms with Crippen LogP contribution in [0.15, 0.2) is 18.3 Å². The summed E-state index contributed by atoms with van der Waals surface area (Å²) in [5.41, 5.74) is 0.787. The van der Waals surface area contributed by atoms with Crippen molar-refractivity contribution >= 4 is 17.5 Å². The molecule has 5 nitrogen and oxygen atoms in total. The maximum Gasteiger partial charge on any atom is 0.321 e. The van der Waals surface area contributed by atoms with Crippen LogP contribution < -0.4 is 15.5 Å². The van der Waals surface area contributed by atoms with Crippen molar-refractivity contribution in [3.63, 3.8) is 0 Å². The Balaban J connectivity index is 1.96. The van der Waals surface area contributed by atoms with E-state index in [1.165, 1.54) is 12.8 Å². The molecule has 0 saturated heterocycles. The second kappa shape index (κ2) is 5.25. The third kappa shape index (κ3) is 3.35. The standard InChI is InChI=1S/C13H20N4O/c1-9(2)15-13(18)17(3)11-6-7-12(14-8-11)16-10-4-5-10/h6-10H,4-5H2,1-3H3,(H,14,16)(H,15,18). The molecule has 0 spiro atoms. The molecule has 1 fully saturated rings. The van der Waals surface area contributed by atoms with E-state index >= 15 is 0 Å². The maximum atomic E-state index is 11.8. The fourth-order valence-electron chi connectivity index (χ4n) is 1.57. The maximum absolute atomic E-state index is 11.8. The second-order valence-electron chi connectivity index (χ2n) is 4.98. The SMILES string of the molecule is CC(C)NC(=O)N(C)c1ccc(NC2CC2)nc1. The van der Waals surface area contributed by atoms with Crippen LogP contribution in [0.4, 0.5) is 16.3 Å². The van der Waals surface area contributed by atoms with Gasteiger partial charge in [0.15, 0.2) is 0 Å². The quantitative estimate of drug-likeness (QED) is 0.859. The highest BCUT2D eigenvalue weighted by Gasteiger charge is 2.21. The largest absolute Gasteiger partial charge is 0.367 e. The molecule has 2 N–H and O–H groups in total. The van der Waals surface area contributed by atoms with Gasteiger partial charge in [0.25, 0.3) is 0 Å². The fourth-order valence-corrected chi connectivity index (χ4v) is 1.57. The molecule has 0 aromatic carbocycles. The van der Waals surface area contributed by atoms with Crippen LogP contribution in [0, 0.1) is 0 Å². The van der Waals surface area contributed by atoms with Crippen LogP contribution >= 0.6 is 0 Å². The zero-order valence-electron chi connectivity index (χ0n) is 11.1. The molecule has 0 bridgehead atoms. The topological polar surface area (TPSA) is 57.3 Å². The number of anilines is 2. The van der Waals surface area contributed by atoms with Gasteiger partial charge in [-0.1, -0.05) is 0 Å². The fraction of sp³-hybridized carbons (Fsp3) is 0.538. The molecule has 2 amide bonds. The zero-order chi connectivity index (χ0) is 13.1. The Labute approximate surface area is 108 Å². The predicted molar refractivity (Wildman–Crippen MR) is 73.0 cm³/mol. The lowest BCUT2D eigenvalue weighted by atomic mass is 10.3. The summed E-state index contributed by atoms with van der Waals surface area (Å²) in [6.45, 7) is 3.87.